The van der Waals surface area contributed by atoms with Crippen LogP contribution < -0.4 is 10.0 Å². The van der Waals surface area contributed by atoms with Gasteiger partial charge in [-0.1, -0.05) is 0 Å². The monoisotopic (exact) mass is 315 g/mol. The molecule has 0 aliphatic rings. The van der Waals surface area contributed by atoms with Crippen LogP contribution in [0.5, 0.6) is 0 Å². The molecule has 0 aromatic carbocycles. The van der Waals surface area contributed by atoms with Gasteiger partial charge < -0.3 is 5.32 Å². The Kier molecular flexibility index (Phi) is 5.44. The van der Waals surface area contributed by atoms with E-state index in [0.29, 0.717) is 5.82 Å². The lowest BCUT2D eigenvalue weighted by Crippen LogP contribution is -2.26. The molecule has 0 spiro atoms. The van der Waals surface area contributed by atoms with E-state index in [1.807, 2.05) is 0 Å². The highest BCUT2D eigenvalue weighted by Gasteiger charge is 2.27. The van der Waals surface area contributed by atoms with Crippen LogP contribution in [0.2, 0.25) is 0 Å². The molecule has 1 aromatic rings. The highest BCUT2D eigenvalue weighted by atomic mass is 32.2. The van der Waals surface area contributed by atoms with Crippen LogP contribution in [0.4, 0.5) is 19.0 Å². The zero-order chi connectivity index (χ0) is 14.5. The Morgan fingerprint density at radius 3 is 2.68 bits per heavy atom. The Hall–Kier alpha value is -1.00. The fraction of sp³-hybridized carbons (Fsp3) is 0.444. The van der Waals surface area contributed by atoms with Gasteiger partial charge in [-0.25, -0.2) is 18.1 Å². The van der Waals surface area contributed by atoms with E-state index in [1.165, 1.54) is 18.3 Å². The number of alkyl halides is 3. The minimum absolute atomic E-state index is 0.0520. The average Bonchev–Trinajstić information content (AvgIpc) is 2.34. The van der Waals surface area contributed by atoms with Gasteiger partial charge >= 0.3 is 5.51 Å². The third-order valence-electron chi connectivity index (χ3n) is 1.96. The van der Waals surface area contributed by atoms with Crippen molar-refractivity contribution in [3.63, 3.8) is 0 Å². The first kappa shape index (κ1) is 16.1. The molecule has 2 N–H and O–H groups in total. The smallest absolute Gasteiger partial charge is 0.373 e. The molecular formula is C9H12F3N3O2S2. The molecule has 1 rings (SSSR count). The van der Waals surface area contributed by atoms with Gasteiger partial charge in [-0.15, -0.1) is 0 Å². The van der Waals surface area contributed by atoms with Crippen molar-refractivity contribution in [2.45, 2.75) is 10.4 Å². The summed E-state index contributed by atoms with van der Waals surface area (Å²) in [6.07, 6.45) is 1.30. The van der Waals surface area contributed by atoms with E-state index in [2.05, 4.69) is 15.0 Å². The first-order valence-corrected chi connectivity index (χ1v) is 7.55. The summed E-state index contributed by atoms with van der Waals surface area (Å²) in [5.74, 6) is -0.0280. The number of thioether (sulfide) groups is 1. The molecule has 0 atom stereocenters. The zero-order valence-corrected chi connectivity index (χ0v) is 11.5. The van der Waals surface area contributed by atoms with Crippen LogP contribution in [0.15, 0.2) is 23.2 Å². The molecular weight excluding hydrogens is 303 g/mol. The molecule has 1 aromatic heterocycles. The van der Waals surface area contributed by atoms with E-state index in [9.17, 15) is 21.6 Å². The number of nitrogens with zero attached hydrogens (tertiary/aromatic N) is 1. The number of aromatic nitrogens is 1. The van der Waals surface area contributed by atoms with Crippen molar-refractivity contribution in [2.75, 3.05) is 24.7 Å². The standard InChI is InChI=1S/C9H12F3N3O2S2/c1-13-8-6-7(2-3-14-8)19(16,17)15-4-5-18-9(10,11)12/h2-3,6,15H,4-5H2,1H3,(H,13,14). The SMILES string of the molecule is CNc1cc(S(=O)(=O)NCCSC(F)(F)F)ccn1. The van der Waals surface area contributed by atoms with Crippen molar-refractivity contribution in [3.8, 4) is 0 Å². The molecule has 0 saturated heterocycles. The number of hydrogen-bond donors (Lipinski definition) is 2. The van der Waals surface area contributed by atoms with Crippen molar-refractivity contribution in [1.82, 2.24) is 9.71 Å². The van der Waals surface area contributed by atoms with Gasteiger partial charge in [0.15, 0.2) is 0 Å². The molecule has 19 heavy (non-hydrogen) atoms. The molecule has 10 heteroatoms. The molecule has 0 radical (unpaired) electrons. The topological polar surface area (TPSA) is 71.1 Å². The number of nitrogens with one attached hydrogen (secondary N) is 2. The van der Waals surface area contributed by atoms with Gasteiger partial charge in [0.1, 0.15) is 5.82 Å². The number of sulfonamides is 1. The Morgan fingerprint density at radius 1 is 1.42 bits per heavy atom. The first-order chi connectivity index (χ1) is 8.74. The van der Waals surface area contributed by atoms with E-state index in [1.54, 1.807) is 7.05 Å². The lowest BCUT2D eigenvalue weighted by atomic mass is 10.5. The number of anilines is 1. The van der Waals surface area contributed by atoms with Crippen LogP contribution >= 0.6 is 11.8 Å². The fourth-order valence-corrected chi connectivity index (χ4v) is 2.75. The summed E-state index contributed by atoms with van der Waals surface area (Å²) in [7, 11) is -2.25. The maximum Gasteiger partial charge on any atom is 0.441 e. The third-order valence-corrected chi connectivity index (χ3v) is 4.15. The van der Waals surface area contributed by atoms with Gasteiger partial charge in [0.25, 0.3) is 0 Å². The number of pyridine rings is 1. The van der Waals surface area contributed by atoms with E-state index >= 15 is 0 Å². The summed E-state index contributed by atoms with van der Waals surface area (Å²) in [5.41, 5.74) is -4.36. The first-order valence-electron chi connectivity index (χ1n) is 5.09. The van der Waals surface area contributed by atoms with Gasteiger partial charge in [0.2, 0.25) is 10.0 Å². The van der Waals surface area contributed by atoms with Crippen LogP contribution in [0.1, 0.15) is 0 Å². The summed E-state index contributed by atoms with van der Waals surface area (Å²) in [6.45, 7) is -0.302. The normalized spacial score (nSPS) is 12.4. The molecule has 1 heterocycles. The quantitative estimate of drug-likeness (QED) is 0.781. The molecule has 0 fully saturated rings. The van der Waals surface area contributed by atoms with Gasteiger partial charge in [-0.2, -0.15) is 13.2 Å². The lowest BCUT2D eigenvalue weighted by Gasteiger charge is -2.08. The number of rotatable bonds is 6. The molecule has 5 nitrogen and oxygen atoms in total. The Labute approximate surface area is 113 Å². The Morgan fingerprint density at radius 2 is 2.11 bits per heavy atom. The molecule has 0 saturated carbocycles. The van der Waals surface area contributed by atoms with Crippen molar-refractivity contribution in [1.29, 1.82) is 0 Å². The molecule has 0 bridgehead atoms. The van der Waals surface area contributed by atoms with Gasteiger partial charge in [0.05, 0.1) is 4.90 Å². The molecule has 108 valence electrons. The maximum absolute atomic E-state index is 11.9. The zero-order valence-electron chi connectivity index (χ0n) is 9.86. The fourth-order valence-electron chi connectivity index (χ4n) is 1.14. The second-order valence-corrected chi connectivity index (χ2v) is 6.25. The summed E-state index contributed by atoms with van der Waals surface area (Å²) in [5, 5.41) is 2.67. The maximum atomic E-state index is 11.9. The molecule has 0 unspecified atom stereocenters. The van der Waals surface area contributed by atoms with E-state index < -0.39 is 15.5 Å². The molecule has 0 amide bonds. The van der Waals surface area contributed by atoms with Crippen LogP contribution in [0, 0.1) is 0 Å². The number of halogens is 3. The van der Waals surface area contributed by atoms with Crippen molar-refractivity contribution >= 4 is 27.6 Å². The summed E-state index contributed by atoms with van der Waals surface area (Å²) in [6, 6.07) is 2.55. The minimum Gasteiger partial charge on any atom is -0.373 e. The van der Waals surface area contributed by atoms with Crippen molar-refractivity contribution in [3.05, 3.63) is 18.3 Å². The van der Waals surface area contributed by atoms with Gasteiger partial charge in [-0.3, -0.25) is 0 Å². The van der Waals surface area contributed by atoms with E-state index in [4.69, 9.17) is 0 Å². The Bertz CT molecular complexity index is 520. The summed E-state index contributed by atoms with van der Waals surface area (Å²) in [4.78, 5) is 3.79. The van der Waals surface area contributed by atoms with Crippen LogP contribution in [0.3, 0.4) is 0 Å². The average molecular weight is 315 g/mol. The van der Waals surface area contributed by atoms with Crippen LogP contribution in [-0.2, 0) is 10.0 Å². The lowest BCUT2D eigenvalue weighted by molar-refractivity contribution is -0.0327. The second-order valence-electron chi connectivity index (χ2n) is 3.32. The highest BCUT2D eigenvalue weighted by molar-refractivity contribution is 8.00. The van der Waals surface area contributed by atoms with Crippen molar-refractivity contribution < 1.29 is 21.6 Å². The Balaban J connectivity index is 2.61. The summed E-state index contributed by atoms with van der Waals surface area (Å²) < 4.78 is 61.2. The molecule has 0 aliphatic carbocycles. The summed E-state index contributed by atoms with van der Waals surface area (Å²) >= 11 is -0.275. The van der Waals surface area contributed by atoms with Gasteiger partial charge in [0, 0.05) is 31.6 Å². The van der Waals surface area contributed by atoms with Crippen LogP contribution in [-0.4, -0.2) is 38.3 Å². The largest absolute Gasteiger partial charge is 0.441 e. The third kappa shape index (κ3) is 5.66. The second kappa shape index (κ2) is 6.44. The molecule has 0 aliphatic heterocycles. The minimum atomic E-state index is -4.36. The van der Waals surface area contributed by atoms with E-state index in [0.717, 1.165) is 0 Å². The highest BCUT2D eigenvalue weighted by Crippen LogP contribution is 2.29. The predicted molar refractivity (Wildman–Crippen MR) is 67.5 cm³/mol. The van der Waals surface area contributed by atoms with E-state index in [-0.39, 0.29) is 29.0 Å². The number of hydrogen-bond acceptors (Lipinski definition) is 5. The van der Waals surface area contributed by atoms with Crippen LogP contribution in [0.25, 0.3) is 0 Å². The van der Waals surface area contributed by atoms with Crippen molar-refractivity contribution in [2.24, 2.45) is 0 Å². The van der Waals surface area contributed by atoms with Gasteiger partial charge in [-0.05, 0) is 17.8 Å². The predicted octanol–water partition coefficient (Wildman–Crippen LogP) is 1.65.